The minimum absolute atomic E-state index is 0.0554. The monoisotopic (exact) mass is 476 g/mol. The summed E-state index contributed by atoms with van der Waals surface area (Å²) in [4.78, 5) is 60.8. The van der Waals surface area contributed by atoms with Crippen LogP contribution in [0.1, 0.15) is 32.3 Å². The highest BCUT2D eigenvalue weighted by atomic mass is 16.6. The van der Waals surface area contributed by atoms with Crippen LogP contribution in [0.4, 0.5) is 0 Å². The molecular formula is C23H32N4O7. The van der Waals surface area contributed by atoms with Gasteiger partial charge in [-0.2, -0.15) is 0 Å². The third-order valence-corrected chi connectivity index (χ3v) is 5.38. The lowest BCUT2D eigenvalue weighted by Gasteiger charge is -2.21. The van der Waals surface area contributed by atoms with E-state index in [1.165, 1.54) is 12.1 Å². The number of nitrogens with two attached hydrogens (primary N) is 2. The van der Waals surface area contributed by atoms with E-state index in [1.807, 2.05) is 13.8 Å². The molecule has 0 radical (unpaired) electrons. The van der Waals surface area contributed by atoms with Gasteiger partial charge in [0.25, 0.3) is 11.8 Å². The number of phenols is 1. The van der Waals surface area contributed by atoms with Gasteiger partial charge in [0.15, 0.2) is 23.8 Å². The van der Waals surface area contributed by atoms with Crippen LogP contribution in [-0.4, -0.2) is 65.7 Å². The van der Waals surface area contributed by atoms with Gasteiger partial charge in [0.2, 0.25) is 5.91 Å². The number of amides is 3. The fourth-order valence-corrected chi connectivity index (χ4v) is 3.44. The van der Waals surface area contributed by atoms with E-state index in [-0.39, 0.29) is 49.2 Å². The standard InChI is InChI=1S/C23H32N4O7/c1-12(2)7-17(27-23(33)20-19(34-20)22(32)26-11-16(29)10-24)18(30)9-14(21(25)31)8-13-3-5-15(28)6-4-13/h3-6,12,14,17,19-20,28H,7-11,24H2,1-2H3,(H2,25,31)(H,26,32)(H,27,33)/t14-,17+,19?,20?/m1/s1. The van der Waals surface area contributed by atoms with E-state index in [0.717, 1.165) is 5.56 Å². The fraction of sp³-hybridized carbons (Fsp3) is 0.522. The zero-order chi connectivity index (χ0) is 25.4. The number of benzene rings is 1. The Kier molecular flexibility index (Phi) is 9.69. The van der Waals surface area contributed by atoms with Gasteiger partial charge in [-0.05, 0) is 36.5 Å². The summed E-state index contributed by atoms with van der Waals surface area (Å²) in [5, 5.41) is 14.4. The number of ether oxygens (including phenoxy) is 1. The maximum Gasteiger partial charge on any atom is 0.253 e. The number of phenolic OH excluding ortho intramolecular Hbond substituents is 1. The van der Waals surface area contributed by atoms with E-state index in [9.17, 15) is 29.1 Å². The van der Waals surface area contributed by atoms with Gasteiger partial charge in [0.1, 0.15) is 5.75 Å². The third-order valence-electron chi connectivity index (χ3n) is 5.38. The molecule has 1 aromatic rings. The first kappa shape index (κ1) is 26.9. The Morgan fingerprint density at radius 1 is 1.06 bits per heavy atom. The number of Topliss-reactive ketones (excluding diaryl/α,β-unsaturated/α-hetero) is 2. The molecule has 3 amide bonds. The van der Waals surface area contributed by atoms with Gasteiger partial charge >= 0.3 is 0 Å². The highest BCUT2D eigenvalue weighted by Gasteiger charge is 2.51. The number of carbonyl (C=O) groups excluding carboxylic acids is 5. The summed E-state index contributed by atoms with van der Waals surface area (Å²) >= 11 is 0. The van der Waals surface area contributed by atoms with Crippen LogP contribution in [-0.2, 0) is 35.1 Å². The quantitative estimate of drug-likeness (QED) is 0.209. The second-order valence-corrected chi connectivity index (χ2v) is 8.77. The molecule has 0 saturated carbocycles. The number of aromatic hydroxyl groups is 1. The molecule has 1 heterocycles. The molecule has 2 unspecified atom stereocenters. The van der Waals surface area contributed by atoms with Crippen molar-refractivity contribution in [2.45, 2.75) is 51.4 Å². The molecule has 0 aliphatic carbocycles. The second kappa shape index (κ2) is 12.2. The van der Waals surface area contributed by atoms with Crippen molar-refractivity contribution < 1.29 is 33.8 Å². The van der Waals surface area contributed by atoms with Gasteiger partial charge in [-0.1, -0.05) is 26.0 Å². The Hall–Kier alpha value is -3.31. The van der Waals surface area contributed by atoms with Crippen LogP contribution in [0, 0.1) is 11.8 Å². The van der Waals surface area contributed by atoms with Crippen LogP contribution in [0.25, 0.3) is 0 Å². The average Bonchev–Trinajstić information content (AvgIpc) is 3.58. The molecule has 7 N–H and O–H groups in total. The number of carbonyl (C=O) groups is 5. The molecule has 1 aromatic carbocycles. The Bertz CT molecular complexity index is 916. The molecule has 34 heavy (non-hydrogen) atoms. The Labute approximate surface area is 197 Å². The zero-order valence-corrected chi connectivity index (χ0v) is 19.3. The molecule has 4 atom stereocenters. The Morgan fingerprint density at radius 3 is 2.24 bits per heavy atom. The van der Waals surface area contributed by atoms with E-state index in [1.54, 1.807) is 12.1 Å². The molecule has 0 spiro atoms. The predicted octanol–water partition coefficient (Wildman–Crippen LogP) is -1.06. The first-order valence-electron chi connectivity index (χ1n) is 11.1. The summed E-state index contributed by atoms with van der Waals surface area (Å²) in [5.74, 6) is -3.27. The molecule has 0 aromatic heterocycles. The summed E-state index contributed by atoms with van der Waals surface area (Å²) in [5.41, 5.74) is 11.4. The number of hydrogen-bond acceptors (Lipinski definition) is 8. The molecule has 1 saturated heterocycles. The highest BCUT2D eigenvalue weighted by Crippen LogP contribution is 2.24. The minimum atomic E-state index is -1.07. The SMILES string of the molecule is CC(C)C[C@H](NC(=O)C1OC1C(=O)NCC(=O)CN)C(=O)C[C@@H](Cc1ccc(O)cc1)C(N)=O. The topological polar surface area (TPSA) is 194 Å². The summed E-state index contributed by atoms with van der Waals surface area (Å²) in [6.07, 6.45) is -1.76. The highest BCUT2D eigenvalue weighted by molar-refractivity contribution is 5.99. The number of ketones is 2. The van der Waals surface area contributed by atoms with E-state index in [2.05, 4.69) is 10.6 Å². The number of hydrogen-bond donors (Lipinski definition) is 5. The van der Waals surface area contributed by atoms with E-state index >= 15 is 0 Å². The summed E-state index contributed by atoms with van der Waals surface area (Å²) in [6, 6.07) is 5.34. The summed E-state index contributed by atoms with van der Waals surface area (Å²) < 4.78 is 5.13. The minimum Gasteiger partial charge on any atom is -0.508 e. The molecular weight excluding hydrogens is 444 g/mol. The number of nitrogens with one attached hydrogen (secondary N) is 2. The van der Waals surface area contributed by atoms with Crippen LogP contribution in [0.15, 0.2) is 24.3 Å². The average molecular weight is 477 g/mol. The van der Waals surface area contributed by atoms with Crippen molar-refractivity contribution in [3.05, 3.63) is 29.8 Å². The number of epoxide rings is 1. The van der Waals surface area contributed by atoms with Gasteiger partial charge in [0.05, 0.1) is 19.1 Å². The molecule has 1 aliphatic heterocycles. The lowest BCUT2D eigenvalue weighted by atomic mass is 9.89. The van der Waals surface area contributed by atoms with Crippen LogP contribution in [0.5, 0.6) is 5.75 Å². The molecule has 0 bridgehead atoms. The number of rotatable bonds is 14. The van der Waals surface area contributed by atoms with Crippen molar-refractivity contribution in [1.82, 2.24) is 10.6 Å². The molecule has 11 nitrogen and oxygen atoms in total. The third kappa shape index (κ3) is 8.23. The van der Waals surface area contributed by atoms with Gasteiger partial charge in [-0.25, -0.2) is 0 Å². The van der Waals surface area contributed by atoms with Gasteiger partial charge < -0.3 is 31.9 Å². The second-order valence-electron chi connectivity index (χ2n) is 8.77. The maximum atomic E-state index is 13.0. The van der Waals surface area contributed by atoms with Crippen molar-refractivity contribution in [3.8, 4) is 5.75 Å². The summed E-state index contributed by atoms with van der Waals surface area (Å²) in [7, 11) is 0. The van der Waals surface area contributed by atoms with Crippen molar-refractivity contribution >= 4 is 29.3 Å². The van der Waals surface area contributed by atoms with Gasteiger partial charge in [0, 0.05) is 12.3 Å². The summed E-state index contributed by atoms with van der Waals surface area (Å²) in [6.45, 7) is 3.29. The van der Waals surface area contributed by atoms with Crippen LogP contribution >= 0.6 is 0 Å². The Balaban J connectivity index is 1.98. The van der Waals surface area contributed by atoms with Crippen LogP contribution in [0.2, 0.25) is 0 Å². The first-order chi connectivity index (χ1) is 16.0. The van der Waals surface area contributed by atoms with Crippen LogP contribution < -0.4 is 22.1 Å². The van der Waals surface area contributed by atoms with Crippen molar-refractivity contribution in [3.63, 3.8) is 0 Å². The van der Waals surface area contributed by atoms with Crippen molar-refractivity contribution in [2.24, 2.45) is 23.3 Å². The lowest BCUT2D eigenvalue weighted by Crippen LogP contribution is -2.46. The van der Waals surface area contributed by atoms with E-state index in [4.69, 9.17) is 16.2 Å². The molecule has 1 fully saturated rings. The maximum absolute atomic E-state index is 13.0. The van der Waals surface area contributed by atoms with Gasteiger partial charge in [-0.3, -0.25) is 24.0 Å². The van der Waals surface area contributed by atoms with Crippen LogP contribution in [0.3, 0.4) is 0 Å². The normalized spacial score (nSPS) is 18.6. The molecule has 2 rings (SSSR count). The first-order valence-corrected chi connectivity index (χ1v) is 11.1. The molecule has 11 heteroatoms. The largest absolute Gasteiger partial charge is 0.508 e. The zero-order valence-electron chi connectivity index (χ0n) is 19.3. The van der Waals surface area contributed by atoms with Crippen molar-refractivity contribution in [1.29, 1.82) is 0 Å². The van der Waals surface area contributed by atoms with E-state index in [0.29, 0.717) is 6.42 Å². The molecule has 1 aliphatic rings. The molecule has 186 valence electrons. The van der Waals surface area contributed by atoms with Crippen molar-refractivity contribution in [2.75, 3.05) is 13.1 Å². The lowest BCUT2D eigenvalue weighted by molar-refractivity contribution is -0.131. The van der Waals surface area contributed by atoms with Gasteiger partial charge in [-0.15, -0.1) is 0 Å². The van der Waals surface area contributed by atoms with E-state index < -0.39 is 41.9 Å². The fourth-order valence-electron chi connectivity index (χ4n) is 3.44. The predicted molar refractivity (Wildman–Crippen MR) is 121 cm³/mol. The Morgan fingerprint density at radius 2 is 1.68 bits per heavy atom. The smallest absolute Gasteiger partial charge is 0.253 e. The number of primary amides is 1.